The van der Waals surface area contributed by atoms with Gasteiger partial charge in [-0.1, -0.05) is 28.9 Å². The van der Waals surface area contributed by atoms with Crippen LogP contribution in [-0.2, 0) is 11.2 Å². The summed E-state index contributed by atoms with van der Waals surface area (Å²) in [7, 11) is 0. The minimum Gasteiger partial charge on any atom is -0.396 e. The van der Waals surface area contributed by atoms with E-state index in [0.29, 0.717) is 49.3 Å². The van der Waals surface area contributed by atoms with Gasteiger partial charge in [0.05, 0.1) is 13.2 Å². The lowest BCUT2D eigenvalue weighted by Gasteiger charge is -2.24. The molecular formula is C20H28ClN5O3. The Morgan fingerprint density at radius 3 is 3.00 bits per heavy atom. The number of ether oxygens (including phenoxy) is 1. The topological polar surface area (TPSA) is 105 Å². The molecule has 0 radical (unpaired) electrons. The average Bonchev–Trinajstić information content (AvgIpc) is 3.37. The fourth-order valence-electron chi connectivity index (χ4n) is 3.27. The Kier molecular flexibility index (Phi) is 7.85. The van der Waals surface area contributed by atoms with Crippen molar-refractivity contribution in [2.24, 2.45) is 10.4 Å². The Balaban J connectivity index is 1.54. The third-order valence-corrected chi connectivity index (χ3v) is 5.16. The fraction of sp³-hybridized carbons (Fsp3) is 0.550. The molecule has 1 atom stereocenters. The molecule has 0 aliphatic carbocycles. The molecule has 1 aromatic carbocycles. The zero-order valence-electron chi connectivity index (χ0n) is 16.7. The summed E-state index contributed by atoms with van der Waals surface area (Å²) in [5, 5.41) is 20.6. The van der Waals surface area contributed by atoms with Gasteiger partial charge in [0.15, 0.2) is 5.96 Å². The van der Waals surface area contributed by atoms with Gasteiger partial charge in [-0.05, 0) is 31.9 Å². The van der Waals surface area contributed by atoms with Gasteiger partial charge in [0, 0.05) is 48.7 Å². The van der Waals surface area contributed by atoms with Gasteiger partial charge < -0.3 is 25.0 Å². The maximum absolute atomic E-state index is 9.36. The van der Waals surface area contributed by atoms with E-state index in [-0.39, 0.29) is 12.0 Å². The number of hydrogen-bond donors (Lipinski definition) is 3. The first-order valence-electron chi connectivity index (χ1n) is 9.93. The number of nitrogens with one attached hydrogen (secondary N) is 2. The van der Waals surface area contributed by atoms with Crippen molar-refractivity contribution in [2.75, 3.05) is 39.5 Å². The van der Waals surface area contributed by atoms with E-state index in [0.717, 1.165) is 31.1 Å². The molecule has 0 spiro atoms. The molecule has 3 N–H and O–H groups in total. The quantitative estimate of drug-likeness (QED) is 0.421. The number of aliphatic imine (C=N–C) groups is 1. The molecule has 1 fully saturated rings. The molecule has 1 saturated heterocycles. The number of nitrogens with zero attached hydrogens (tertiary/aromatic N) is 3. The van der Waals surface area contributed by atoms with Crippen molar-refractivity contribution in [1.82, 2.24) is 20.8 Å². The van der Waals surface area contributed by atoms with Crippen molar-refractivity contribution < 1.29 is 14.4 Å². The predicted molar refractivity (Wildman–Crippen MR) is 112 cm³/mol. The van der Waals surface area contributed by atoms with Crippen molar-refractivity contribution in [1.29, 1.82) is 0 Å². The van der Waals surface area contributed by atoms with Gasteiger partial charge in [0.1, 0.15) is 0 Å². The van der Waals surface area contributed by atoms with Crippen LogP contribution < -0.4 is 10.6 Å². The van der Waals surface area contributed by atoms with Crippen LogP contribution >= 0.6 is 11.6 Å². The summed E-state index contributed by atoms with van der Waals surface area (Å²) >= 11 is 6.02. The third-order valence-electron chi connectivity index (χ3n) is 4.93. The Morgan fingerprint density at radius 2 is 2.28 bits per heavy atom. The normalized spacial score (nSPS) is 19.5. The van der Waals surface area contributed by atoms with Crippen molar-refractivity contribution in [2.45, 2.75) is 26.2 Å². The van der Waals surface area contributed by atoms with E-state index in [1.54, 1.807) is 12.1 Å². The van der Waals surface area contributed by atoms with Crippen LogP contribution in [0.1, 0.15) is 25.7 Å². The highest BCUT2D eigenvalue weighted by Gasteiger charge is 2.34. The van der Waals surface area contributed by atoms with Crippen LogP contribution in [0.15, 0.2) is 33.8 Å². The summed E-state index contributed by atoms with van der Waals surface area (Å²) in [6.07, 6.45) is 2.19. The van der Waals surface area contributed by atoms with Crippen molar-refractivity contribution in [3.63, 3.8) is 0 Å². The van der Waals surface area contributed by atoms with Gasteiger partial charge >= 0.3 is 0 Å². The largest absolute Gasteiger partial charge is 0.396 e. The maximum Gasteiger partial charge on any atom is 0.228 e. The molecule has 0 bridgehead atoms. The van der Waals surface area contributed by atoms with E-state index >= 15 is 0 Å². The number of aliphatic hydroxyl groups is 1. The monoisotopic (exact) mass is 421 g/mol. The summed E-state index contributed by atoms with van der Waals surface area (Å²) in [6, 6.07) is 7.36. The van der Waals surface area contributed by atoms with Gasteiger partial charge in [0.2, 0.25) is 11.7 Å². The SMILES string of the molecule is CCNC(=NCC1(CCO)CCOC1)NCCc1nc(-c2cccc(Cl)c2)no1. The molecule has 2 aromatic rings. The van der Waals surface area contributed by atoms with Crippen molar-refractivity contribution in [3.05, 3.63) is 35.2 Å². The van der Waals surface area contributed by atoms with E-state index in [9.17, 15) is 5.11 Å². The molecule has 1 aromatic heterocycles. The molecule has 8 nitrogen and oxygen atoms in total. The van der Waals surface area contributed by atoms with Crippen LogP contribution in [0.5, 0.6) is 0 Å². The van der Waals surface area contributed by atoms with Gasteiger partial charge in [0.25, 0.3) is 0 Å². The lowest BCUT2D eigenvalue weighted by molar-refractivity contribution is 0.131. The van der Waals surface area contributed by atoms with Crippen LogP contribution in [0.3, 0.4) is 0 Å². The van der Waals surface area contributed by atoms with E-state index in [4.69, 9.17) is 25.9 Å². The smallest absolute Gasteiger partial charge is 0.228 e. The Hall–Kier alpha value is -2.16. The summed E-state index contributed by atoms with van der Waals surface area (Å²) in [5.41, 5.74) is 0.749. The highest BCUT2D eigenvalue weighted by atomic mass is 35.5. The minimum absolute atomic E-state index is 0.0740. The zero-order valence-corrected chi connectivity index (χ0v) is 17.4. The van der Waals surface area contributed by atoms with E-state index in [1.807, 2.05) is 19.1 Å². The number of aromatic nitrogens is 2. The second-order valence-corrected chi connectivity index (χ2v) is 7.61. The number of aliphatic hydroxyl groups excluding tert-OH is 1. The van der Waals surface area contributed by atoms with Gasteiger partial charge in [-0.3, -0.25) is 4.99 Å². The highest BCUT2D eigenvalue weighted by molar-refractivity contribution is 6.30. The Labute approximate surface area is 175 Å². The standard InChI is InChI=1S/C20H28ClN5O3/c1-2-22-19(24-13-20(7-10-27)8-11-28-14-20)23-9-6-17-25-18(26-29-17)15-4-3-5-16(21)12-15/h3-5,12,27H,2,6-11,13-14H2,1H3,(H2,22,23,24). The first kappa shape index (κ1) is 21.5. The number of guanidine groups is 1. The second kappa shape index (κ2) is 10.6. The fourth-order valence-corrected chi connectivity index (χ4v) is 3.46. The zero-order chi connectivity index (χ0) is 20.5. The lowest BCUT2D eigenvalue weighted by atomic mass is 9.84. The molecule has 2 heterocycles. The molecule has 0 saturated carbocycles. The molecule has 158 valence electrons. The maximum atomic E-state index is 9.36. The predicted octanol–water partition coefficient (Wildman–Crippen LogP) is 2.28. The lowest BCUT2D eigenvalue weighted by Crippen LogP contribution is -2.39. The van der Waals surface area contributed by atoms with Gasteiger partial charge in [-0.25, -0.2) is 0 Å². The number of rotatable bonds is 9. The molecule has 0 amide bonds. The summed E-state index contributed by atoms with van der Waals surface area (Å²) in [5.74, 6) is 1.80. The summed E-state index contributed by atoms with van der Waals surface area (Å²) < 4.78 is 10.9. The number of benzene rings is 1. The average molecular weight is 422 g/mol. The summed E-state index contributed by atoms with van der Waals surface area (Å²) in [6.45, 7) is 5.52. The molecule has 29 heavy (non-hydrogen) atoms. The van der Waals surface area contributed by atoms with Gasteiger partial charge in [-0.15, -0.1) is 0 Å². The number of halogens is 1. The molecule has 3 rings (SSSR count). The van der Waals surface area contributed by atoms with Gasteiger partial charge in [-0.2, -0.15) is 4.98 Å². The highest BCUT2D eigenvalue weighted by Crippen LogP contribution is 2.32. The van der Waals surface area contributed by atoms with Crippen molar-refractivity contribution in [3.8, 4) is 11.4 Å². The first-order chi connectivity index (χ1) is 14.1. The molecule has 9 heteroatoms. The van der Waals surface area contributed by atoms with Crippen LogP contribution in [-0.4, -0.2) is 60.7 Å². The van der Waals surface area contributed by atoms with Crippen LogP contribution in [0, 0.1) is 5.41 Å². The van der Waals surface area contributed by atoms with Crippen molar-refractivity contribution >= 4 is 17.6 Å². The third kappa shape index (κ3) is 6.16. The van der Waals surface area contributed by atoms with E-state index < -0.39 is 0 Å². The van der Waals surface area contributed by atoms with Crippen LogP contribution in [0.2, 0.25) is 5.02 Å². The first-order valence-corrected chi connectivity index (χ1v) is 10.3. The van der Waals surface area contributed by atoms with Crippen LogP contribution in [0.4, 0.5) is 0 Å². The van der Waals surface area contributed by atoms with E-state index in [2.05, 4.69) is 20.8 Å². The van der Waals surface area contributed by atoms with E-state index in [1.165, 1.54) is 0 Å². The molecular weight excluding hydrogens is 394 g/mol. The Bertz CT molecular complexity index is 805. The Morgan fingerprint density at radius 1 is 1.38 bits per heavy atom. The number of hydrogen-bond acceptors (Lipinski definition) is 6. The second-order valence-electron chi connectivity index (χ2n) is 7.17. The molecule has 1 unspecified atom stereocenters. The molecule has 1 aliphatic heterocycles. The minimum atomic E-state index is -0.0740. The molecule has 1 aliphatic rings. The van der Waals surface area contributed by atoms with Crippen LogP contribution in [0.25, 0.3) is 11.4 Å². The summed E-state index contributed by atoms with van der Waals surface area (Å²) in [4.78, 5) is 9.13.